The van der Waals surface area contributed by atoms with Gasteiger partial charge in [-0.25, -0.2) is 0 Å². The van der Waals surface area contributed by atoms with Crippen molar-refractivity contribution in [1.82, 2.24) is 5.32 Å². The van der Waals surface area contributed by atoms with E-state index in [0.29, 0.717) is 23.9 Å². The Labute approximate surface area is 134 Å². The van der Waals surface area contributed by atoms with Gasteiger partial charge in [-0.05, 0) is 31.2 Å². The van der Waals surface area contributed by atoms with Crippen molar-refractivity contribution in [1.29, 1.82) is 0 Å². The summed E-state index contributed by atoms with van der Waals surface area (Å²) >= 11 is 0. The van der Waals surface area contributed by atoms with Gasteiger partial charge in [0.1, 0.15) is 6.04 Å². The summed E-state index contributed by atoms with van der Waals surface area (Å²) in [4.78, 5) is 12.2. The summed E-state index contributed by atoms with van der Waals surface area (Å²) < 4.78 is 0. The molecule has 0 unspecified atom stereocenters. The SMILES string of the molecule is CC(C)c1ccc([C@H]([NH2+][C@H](C)C(=O)NC2CC2)C(C)C)cc1. The van der Waals surface area contributed by atoms with Gasteiger partial charge in [0.15, 0.2) is 6.04 Å². The topological polar surface area (TPSA) is 45.7 Å². The zero-order chi connectivity index (χ0) is 16.3. The largest absolute Gasteiger partial charge is 0.348 e. The third-order valence-corrected chi connectivity index (χ3v) is 4.54. The third-order valence-electron chi connectivity index (χ3n) is 4.54. The number of hydrogen-bond donors (Lipinski definition) is 2. The highest BCUT2D eigenvalue weighted by Crippen LogP contribution is 2.22. The number of rotatable bonds is 7. The Kier molecular flexibility index (Phi) is 5.63. The lowest BCUT2D eigenvalue weighted by atomic mass is 9.93. The van der Waals surface area contributed by atoms with Crippen LogP contribution in [-0.4, -0.2) is 18.0 Å². The minimum atomic E-state index is -0.0437. The maximum Gasteiger partial charge on any atom is 0.278 e. The van der Waals surface area contributed by atoms with Crippen LogP contribution in [-0.2, 0) is 4.79 Å². The summed E-state index contributed by atoms with van der Waals surface area (Å²) in [7, 11) is 0. The lowest BCUT2D eigenvalue weighted by Crippen LogP contribution is -2.93. The molecule has 1 aromatic carbocycles. The number of quaternary nitrogens is 1. The second-order valence-electron chi connectivity index (χ2n) is 7.36. The van der Waals surface area contributed by atoms with Crippen LogP contribution in [0.15, 0.2) is 24.3 Å². The molecule has 0 spiro atoms. The van der Waals surface area contributed by atoms with Crippen molar-refractivity contribution in [3.05, 3.63) is 35.4 Å². The molecule has 122 valence electrons. The molecule has 0 bridgehead atoms. The zero-order valence-electron chi connectivity index (χ0n) is 14.6. The average Bonchev–Trinajstić information content (AvgIpc) is 3.28. The first-order valence-electron chi connectivity index (χ1n) is 8.63. The van der Waals surface area contributed by atoms with Crippen molar-refractivity contribution in [2.45, 2.75) is 71.5 Å². The Morgan fingerprint density at radius 3 is 2.05 bits per heavy atom. The van der Waals surface area contributed by atoms with Gasteiger partial charge in [0.05, 0.1) is 0 Å². The van der Waals surface area contributed by atoms with Crippen LogP contribution in [0.2, 0.25) is 0 Å². The van der Waals surface area contributed by atoms with Crippen LogP contribution >= 0.6 is 0 Å². The Morgan fingerprint density at radius 1 is 1.05 bits per heavy atom. The number of carbonyl (C=O) groups is 1. The van der Waals surface area contributed by atoms with Crippen LogP contribution in [0.1, 0.15) is 70.5 Å². The molecule has 3 nitrogen and oxygen atoms in total. The maximum atomic E-state index is 12.2. The first-order valence-corrected chi connectivity index (χ1v) is 8.63. The molecule has 2 rings (SSSR count). The summed E-state index contributed by atoms with van der Waals surface area (Å²) in [5.74, 6) is 1.21. The van der Waals surface area contributed by atoms with Crippen LogP contribution in [0, 0.1) is 5.92 Å². The van der Waals surface area contributed by atoms with E-state index in [-0.39, 0.29) is 11.9 Å². The average molecular weight is 303 g/mol. The van der Waals surface area contributed by atoms with Crippen molar-refractivity contribution in [2.24, 2.45) is 5.92 Å². The molecule has 0 heterocycles. The predicted molar refractivity (Wildman–Crippen MR) is 90.7 cm³/mol. The molecule has 22 heavy (non-hydrogen) atoms. The fourth-order valence-electron chi connectivity index (χ4n) is 2.78. The molecule has 0 saturated heterocycles. The molecular formula is C19H31N2O+. The molecule has 0 aliphatic heterocycles. The molecule has 1 aliphatic rings. The number of hydrogen-bond acceptors (Lipinski definition) is 1. The fraction of sp³-hybridized carbons (Fsp3) is 0.632. The van der Waals surface area contributed by atoms with Crippen LogP contribution in [0.5, 0.6) is 0 Å². The quantitative estimate of drug-likeness (QED) is 0.799. The summed E-state index contributed by atoms with van der Waals surface area (Å²) in [5.41, 5.74) is 2.68. The Hall–Kier alpha value is -1.35. The molecular weight excluding hydrogens is 272 g/mol. The molecule has 3 heteroatoms. The van der Waals surface area contributed by atoms with Gasteiger partial charge in [-0.15, -0.1) is 0 Å². The van der Waals surface area contributed by atoms with E-state index in [1.54, 1.807) is 0 Å². The minimum absolute atomic E-state index is 0.0437. The van der Waals surface area contributed by atoms with Crippen molar-refractivity contribution in [3.63, 3.8) is 0 Å². The van der Waals surface area contributed by atoms with Gasteiger partial charge in [-0.3, -0.25) is 4.79 Å². The lowest BCUT2D eigenvalue weighted by Gasteiger charge is -2.23. The maximum absolute atomic E-state index is 12.2. The Bertz CT molecular complexity index is 489. The van der Waals surface area contributed by atoms with Gasteiger partial charge in [0.25, 0.3) is 5.91 Å². The summed E-state index contributed by atoms with van der Waals surface area (Å²) in [5, 5.41) is 5.32. The molecule has 3 N–H and O–H groups in total. The van der Waals surface area contributed by atoms with Gasteiger partial charge >= 0.3 is 0 Å². The van der Waals surface area contributed by atoms with Crippen molar-refractivity contribution in [3.8, 4) is 0 Å². The van der Waals surface area contributed by atoms with E-state index in [9.17, 15) is 4.79 Å². The van der Waals surface area contributed by atoms with E-state index >= 15 is 0 Å². The smallest absolute Gasteiger partial charge is 0.278 e. The predicted octanol–water partition coefficient (Wildman–Crippen LogP) is 2.74. The molecule has 0 aromatic heterocycles. The van der Waals surface area contributed by atoms with Crippen molar-refractivity contribution >= 4 is 5.91 Å². The number of amides is 1. The second-order valence-corrected chi connectivity index (χ2v) is 7.36. The van der Waals surface area contributed by atoms with Crippen LogP contribution in [0.25, 0.3) is 0 Å². The molecule has 1 saturated carbocycles. The summed E-state index contributed by atoms with van der Waals surface area (Å²) in [6.45, 7) is 10.9. The first-order chi connectivity index (χ1) is 10.4. The van der Waals surface area contributed by atoms with E-state index in [0.717, 1.165) is 12.8 Å². The number of benzene rings is 1. The molecule has 1 fully saturated rings. The summed E-state index contributed by atoms with van der Waals surface area (Å²) in [6, 6.07) is 9.60. The normalized spacial score (nSPS) is 17.6. The first kappa shape index (κ1) is 17.0. The zero-order valence-corrected chi connectivity index (χ0v) is 14.6. The van der Waals surface area contributed by atoms with Crippen molar-refractivity contribution < 1.29 is 10.1 Å². The van der Waals surface area contributed by atoms with E-state index < -0.39 is 0 Å². The van der Waals surface area contributed by atoms with Gasteiger partial charge in [0.2, 0.25) is 0 Å². The highest BCUT2D eigenvalue weighted by Gasteiger charge is 2.30. The number of nitrogens with one attached hydrogen (secondary N) is 1. The van der Waals surface area contributed by atoms with Crippen LogP contribution in [0.4, 0.5) is 0 Å². The summed E-state index contributed by atoms with van der Waals surface area (Å²) in [6.07, 6.45) is 2.28. The van der Waals surface area contributed by atoms with E-state index in [4.69, 9.17) is 0 Å². The highest BCUT2D eigenvalue weighted by atomic mass is 16.2. The van der Waals surface area contributed by atoms with Gasteiger partial charge < -0.3 is 10.6 Å². The number of nitrogens with two attached hydrogens (primary N) is 1. The Morgan fingerprint density at radius 2 is 1.59 bits per heavy atom. The number of carbonyl (C=O) groups excluding carboxylic acids is 1. The second kappa shape index (κ2) is 7.28. The molecule has 1 aliphatic carbocycles. The van der Waals surface area contributed by atoms with Gasteiger partial charge in [-0.1, -0.05) is 52.0 Å². The van der Waals surface area contributed by atoms with Crippen molar-refractivity contribution in [2.75, 3.05) is 0 Å². The van der Waals surface area contributed by atoms with Gasteiger partial charge in [0, 0.05) is 17.5 Å². The van der Waals surface area contributed by atoms with Crippen LogP contribution in [0.3, 0.4) is 0 Å². The monoisotopic (exact) mass is 303 g/mol. The van der Waals surface area contributed by atoms with E-state index in [1.807, 2.05) is 6.92 Å². The minimum Gasteiger partial charge on any atom is -0.348 e. The third kappa shape index (κ3) is 4.57. The lowest BCUT2D eigenvalue weighted by molar-refractivity contribution is -0.719. The molecule has 2 atom stereocenters. The fourth-order valence-corrected chi connectivity index (χ4v) is 2.78. The van der Waals surface area contributed by atoms with Crippen LogP contribution < -0.4 is 10.6 Å². The molecule has 1 amide bonds. The van der Waals surface area contributed by atoms with E-state index in [2.05, 4.69) is 62.6 Å². The Balaban J connectivity index is 2.03. The van der Waals surface area contributed by atoms with E-state index in [1.165, 1.54) is 11.1 Å². The molecule has 0 radical (unpaired) electrons. The van der Waals surface area contributed by atoms with Gasteiger partial charge in [-0.2, -0.15) is 0 Å². The molecule has 1 aromatic rings. The highest BCUT2D eigenvalue weighted by molar-refractivity contribution is 5.80. The standard InChI is InChI=1S/C19H30N2O/c1-12(2)15-6-8-16(9-7-15)18(13(3)4)20-14(5)19(22)21-17-10-11-17/h6-9,12-14,17-18,20H,10-11H2,1-5H3,(H,21,22)/p+1/t14-,18-/m1/s1.